The third-order valence-corrected chi connectivity index (χ3v) is 6.07. The van der Waals surface area contributed by atoms with Crippen molar-refractivity contribution < 1.29 is 9.59 Å². The first-order valence-corrected chi connectivity index (χ1v) is 11.0. The summed E-state index contributed by atoms with van der Waals surface area (Å²) in [5.74, 6) is -0.544. The molecule has 1 N–H and O–H groups in total. The number of fused-ring (bicyclic) bond motifs is 1. The van der Waals surface area contributed by atoms with Gasteiger partial charge in [0.15, 0.2) is 5.78 Å². The Hall–Kier alpha value is -3.47. The summed E-state index contributed by atoms with van der Waals surface area (Å²) in [6, 6.07) is 16.6. The normalized spacial score (nSPS) is 14.7. The molecule has 0 atom stereocenters. The molecule has 5 nitrogen and oxygen atoms in total. The number of aryl methyl sites for hydroxylation is 2. The van der Waals surface area contributed by atoms with Crippen LogP contribution in [0.4, 0.5) is 5.69 Å². The second-order valence-electron chi connectivity index (χ2n) is 9.30. The Bertz CT molecular complexity index is 1270. The summed E-state index contributed by atoms with van der Waals surface area (Å²) in [4.78, 5) is 39.9. The molecule has 32 heavy (non-hydrogen) atoms. The zero-order chi connectivity index (χ0) is 23.0. The van der Waals surface area contributed by atoms with Gasteiger partial charge in [0, 0.05) is 29.1 Å². The number of aromatic nitrogens is 1. The number of nitrogens with zero attached hydrogens (tertiary/aromatic N) is 1. The number of ketones is 1. The number of para-hydroxylation sites is 1. The number of hydrogen-bond donors (Lipinski definition) is 1. The highest BCUT2D eigenvalue weighted by Crippen LogP contribution is 2.35. The summed E-state index contributed by atoms with van der Waals surface area (Å²) < 4.78 is 1.55. The third kappa shape index (κ3) is 4.03. The Balaban J connectivity index is 1.89. The first-order valence-electron chi connectivity index (χ1n) is 11.0. The maximum Gasteiger partial charge on any atom is 0.268 e. The summed E-state index contributed by atoms with van der Waals surface area (Å²) >= 11 is 0. The molecule has 3 aromatic rings. The van der Waals surface area contributed by atoms with Gasteiger partial charge in [0.2, 0.25) is 0 Å². The van der Waals surface area contributed by atoms with Crippen LogP contribution in [-0.4, -0.2) is 16.3 Å². The van der Waals surface area contributed by atoms with Gasteiger partial charge in [-0.1, -0.05) is 56.7 Å². The Kier molecular flexibility index (Phi) is 5.59. The fourth-order valence-corrected chi connectivity index (χ4v) is 4.38. The van der Waals surface area contributed by atoms with E-state index in [0.29, 0.717) is 35.5 Å². The molecule has 1 aromatic heterocycles. The lowest BCUT2D eigenvalue weighted by atomic mass is 9.75. The summed E-state index contributed by atoms with van der Waals surface area (Å²) in [5, 5.41) is 2.88. The fourth-order valence-electron chi connectivity index (χ4n) is 4.38. The van der Waals surface area contributed by atoms with Crippen molar-refractivity contribution >= 4 is 17.4 Å². The van der Waals surface area contributed by atoms with Gasteiger partial charge in [0.25, 0.3) is 11.5 Å². The topological polar surface area (TPSA) is 68.2 Å². The third-order valence-electron chi connectivity index (χ3n) is 6.07. The van der Waals surface area contributed by atoms with E-state index in [0.717, 1.165) is 17.5 Å². The summed E-state index contributed by atoms with van der Waals surface area (Å²) in [6.07, 6.45) is 1.71. The number of carbonyl (C=O) groups excluding carboxylic acids is 2. The minimum absolute atomic E-state index is 0.0247. The van der Waals surface area contributed by atoms with E-state index in [1.807, 2.05) is 76.2 Å². The molecule has 5 heteroatoms. The Labute approximate surface area is 188 Å². The molecule has 1 aliphatic rings. The first-order chi connectivity index (χ1) is 15.2. The monoisotopic (exact) mass is 428 g/mol. The summed E-state index contributed by atoms with van der Waals surface area (Å²) in [6.45, 7) is 8.04. The van der Waals surface area contributed by atoms with Gasteiger partial charge in [0.05, 0.1) is 0 Å². The SMILES string of the molecule is CCc1ccccc1NC(=O)c1cc2c(n(-c3ccc(C)cc3)c1=O)CC(C)(C)CC2=O. The van der Waals surface area contributed by atoms with Gasteiger partial charge in [-0.25, -0.2) is 0 Å². The average molecular weight is 429 g/mol. The number of rotatable bonds is 4. The molecule has 0 fully saturated rings. The van der Waals surface area contributed by atoms with Crippen molar-refractivity contribution in [2.24, 2.45) is 5.41 Å². The van der Waals surface area contributed by atoms with Gasteiger partial charge in [-0.15, -0.1) is 0 Å². The van der Waals surface area contributed by atoms with Gasteiger partial charge < -0.3 is 5.32 Å². The van der Waals surface area contributed by atoms with Crippen LogP contribution in [0.5, 0.6) is 0 Å². The minimum Gasteiger partial charge on any atom is -0.322 e. The number of anilines is 1. The Morgan fingerprint density at radius 1 is 1.03 bits per heavy atom. The second kappa shape index (κ2) is 8.23. The van der Waals surface area contributed by atoms with Crippen molar-refractivity contribution in [2.45, 2.75) is 47.0 Å². The molecule has 0 saturated carbocycles. The zero-order valence-corrected chi connectivity index (χ0v) is 19.0. The van der Waals surface area contributed by atoms with Crippen molar-refractivity contribution in [3.8, 4) is 5.69 Å². The lowest BCUT2D eigenvalue weighted by molar-refractivity contribution is 0.0909. The van der Waals surface area contributed by atoms with Gasteiger partial charge in [-0.05, 0) is 55.0 Å². The summed E-state index contributed by atoms with van der Waals surface area (Å²) in [5.41, 5.74) is 3.81. The van der Waals surface area contributed by atoms with E-state index in [4.69, 9.17) is 0 Å². The van der Waals surface area contributed by atoms with Crippen LogP contribution < -0.4 is 10.9 Å². The van der Waals surface area contributed by atoms with Crippen molar-refractivity contribution in [1.29, 1.82) is 0 Å². The molecule has 1 aliphatic carbocycles. The molecule has 0 saturated heterocycles. The van der Waals surface area contributed by atoms with Gasteiger partial charge in [0.1, 0.15) is 5.56 Å². The number of amides is 1. The summed E-state index contributed by atoms with van der Waals surface area (Å²) in [7, 11) is 0. The van der Waals surface area contributed by atoms with Crippen LogP contribution in [0.3, 0.4) is 0 Å². The molecule has 0 aliphatic heterocycles. The highest BCUT2D eigenvalue weighted by atomic mass is 16.2. The molecular formula is C27H28N2O3. The van der Waals surface area contributed by atoms with E-state index in [1.165, 1.54) is 6.07 Å². The zero-order valence-electron chi connectivity index (χ0n) is 19.0. The van der Waals surface area contributed by atoms with Crippen molar-refractivity contribution in [3.05, 3.63) is 92.9 Å². The van der Waals surface area contributed by atoms with E-state index in [9.17, 15) is 14.4 Å². The van der Waals surface area contributed by atoms with Gasteiger partial charge in [-0.3, -0.25) is 19.0 Å². The number of pyridine rings is 1. The van der Waals surface area contributed by atoms with Crippen LogP contribution >= 0.6 is 0 Å². The fraction of sp³-hybridized carbons (Fsp3) is 0.296. The molecule has 1 heterocycles. The van der Waals surface area contributed by atoms with Gasteiger partial charge in [-0.2, -0.15) is 0 Å². The standard InChI is InChI=1S/C27H28N2O3/c1-5-18-8-6-7-9-22(18)28-25(31)21-14-20-23(15-27(3,4)16-24(20)30)29(26(21)32)19-12-10-17(2)11-13-19/h6-14H,5,15-16H2,1-4H3,(H,28,31). The predicted octanol–water partition coefficient (Wildman–Crippen LogP) is 5.12. The Morgan fingerprint density at radius 2 is 1.72 bits per heavy atom. The average Bonchev–Trinajstić information content (AvgIpc) is 2.74. The van der Waals surface area contributed by atoms with Crippen LogP contribution in [0.1, 0.15) is 64.7 Å². The Morgan fingerprint density at radius 3 is 2.41 bits per heavy atom. The second-order valence-corrected chi connectivity index (χ2v) is 9.30. The van der Waals surface area contributed by atoms with E-state index in [1.54, 1.807) is 4.57 Å². The predicted molar refractivity (Wildman–Crippen MR) is 127 cm³/mol. The lowest BCUT2D eigenvalue weighted by Gasteiger charge is -2.32. The quantitative estimate of drug-likeness (QED) is 0.627. The van der Waals surface area contributed by atoms with Crippen LogP contribution in [0.25, 0.3) is 5.69 Å². The lowest BCUT2D eigenvalue weighted by Crippen LogP contribution is -2.37. The first kappa shape index (κ1) is 21.8. The van der Waals surface area contributed by atoms with Crippen LogP contribution in [-0.2, 0) is 12.8 Å². The molecule has 0 bridgehead atoms. The van der Waals surface area contributed by atoms with Crippen molar-refractivity contribution in [1.82, 2.24) is 4.57 Å². The van der Waals surface area contributed by atoms with Crippen molar-refractivity contribution in [2.75, 3.05) is 5.32 Å². The molecule has 0 radical (unpaired) electrons. The molecule has 4 rings (SSSR count). The molecule has 0 unspecified atom stereocenters. The largest absolute Gasteiger partial charge is 0.322 e. The van der Waals surface area contributed by atoms with E-state index >= 15 is 0 Å². The van der Waals surface area contributed by atoms with Crippen LogP contribution in [0.15, 0.2) is 59.4 Å². The maximum absolute atomic E-state index is 13.6. The van der Waals surface area contributed by atoms with Crippen LogP contribution in [0.2, 0.25) is 0 Å². The van der Waals surface area contributed by atoms with Gasteiger partial charge >= 0.3 is 0 Å². The van der Waals surface area contributed by atoms with E-state index in [2.05, 4.69) is 5.32 Å². The number of hydrogen-bond acceptors (Lipinski definition) is 3. The molecule has 0 spiro atoms. The number of carbonyl (C=O) groups is 2. The molecule has 164 valence electrons. The van der Waals surface area contributed by atoms with Crippen LogP contribution in [0, 0.1) is 12.3 Å². The number of Topliss-reactive ketones (excluding diaryl/α,β-unsaturated/α-hetero) is 1. The highest BCUT2D eigenvalue weighted by molar-refractivity contribution is 6.07. The molecular weight excluding hydrogens is 400 g/mol. The highest BCUT2D eigenvalue weighted by Gasteiger charge is 2.35. The molecule has 1 amide bonds. The molecule has 2 aromatic carbocycles. The minimum atomic E-state index is -0.503. The smallest absolute Gasteiger partial charge is 0.268 e. The maximum atomic E-state index is 13.6. The number of benzene rings is 2. The van der Waals surface area contributed by atoms with E-state index < -0.39 is 11.5 Å². The van der Waals surface area contributed by atoms with E-state index in [-0.39, 0.29) is 16.8 Å². The van der Waals surface area contributed by atoms with Crippen molar-refractivity contribution in [3.63, 3.8) is 0 Å². The number of nitrogens with one attached hydrogen (secondary N) is 1.